The van der Waals surface area contributed by atoms with Crippen molar-refractivity contribution in [1.29, 1.82) is 0 Å². The number of allylic oxidation sites excluding steroid dienone is 2. The van der Waals surface area contributed by atoms with Crippen molar-refractivity contribution in [2.45, 2.75) is 38.6 Å². The molecule has 7 heteroatoms. The second-order valence-corrected chi connectivity index (χ2v) is 7.40. The topological polar surface area (TPSA) is 99.5 Å². The van der Waals surface area contributed by atoms with Gasteiger partial charge in [-0.05, 0) is 43.6 Å². The zero-order valence-electron chi connectivity index (χ0n) is 16.6. The van der Waals surface area contributed by atoms with Crippen LogP contribution in [-0.4, -0.2) is 20.9 Å². The molecule has 0 amide bonds. The van der Waals surface area contributed by atoms with Gasteiger partial charge >= 0.3 is 5.69 Å². The summed E-state index contributed by atoms with van der Waals surface area (Å²) in [6, 6.07) is 13.6. The van der Waals surface area contributed by atoms with Crippen LogP contribution >= 0.6 is 0 Å². The largest absolute Gasteiger partial charge is 0.494 e. The van der Waals surface area contributed by atoms with Crippen molar-refractivity contribution in [3.05, 3.63) is 80.5 Å². The van der Waals surface area contributed by atoms with Crippen molar-refractivity contribution in [3.63, 3.8) is 0 Å². The summed E-state index contributed by atoms with van der Waals surface area (Å²) in [5.41, 5.74) is 3.63. The highest BCUT2D eigenvalue weighted by Crippen LogP contribution is 2.23. The number of hydrazone groups is 1. The molecule has 0 fully saturated rings. The van der Waals surface area contributed by atoms with Crippen molar-refractivity contribution in [2.75, 3.05) is 5.43 Å². The van der Waals surface area contributed by atoms with Crippen LogP contribution in [-0.2, 0) is 6.54 Å². The molecule has 1 aliphatic carbocycles. The first-order valence-corrected chi connectivity index (χ1v) is 10.1. The monoisotopic (exact) mass is 404 g/mol. The molecule has 0 saturated heterocycles. The van der Waals surface area contributed by atoms with Crippen molar-refractivity contribution >= 4 is 22.7 Å². The molecule has 0 bridgehead atoms. The predicted octanol–water partition coefficient (Wildman–Crippen LogP) is 3.73. The van der Waals surface area contributed by atoms with E-state index in [1.165, 1.54) is 22.8 Å². The number of hydrogen-bond donors (Lipinski definition) is 3. The van der Waals surface area contributed by atoms with Gasteiger partial charge in [0.15, 0.2) is 0 Å². The van der Waals surface area contributed by atoms with Crippen LogP contribution in [0.4, 0.5) is 5.69 Å². The number of nitrogens with zero attached hydrogens (tertiary/aromatic N) is 2. The van der Waals surface area contributed by atoms with E-state index < -0.39 is 11.2 Å². The van der Waals surface area contributed by atoms with E-state index >= 15 is 0 Å². The molecule has 7 nitrogen and oxygen atoms in total. The van der Waals surface area contributed by atoms with Gasteiger partial charge in [-0.3, -0.25) is 19.8 Å². The Morgan fingerprint density at radius 3 is 2.80 bits per heavy atom. The van der Waals surface area contributed by atoms with E-state index in [-0.39, 0.29) is 11.4 Å². The summed E-state index contributed by atoms with van der Waals surface area (Å²) in [4.78, 5) is 26.7. The molecule has 3 N–H and O–H groups in total. The average molecular weight is 404 g/mol. The van der Waals surface area contributed by atoms with Crippen molar-refractivity contribution < 1.29 is 5.11 Å². The first-order chi connectivity index (χ1) is 14.6. The van der Waals surface area contributed by atoms with Crippen molar-refractivity contribution in [3.8, 4) is 5.88 Å². The van der Waals surface area contributed by atoms with Gasteiger partial charge in [0.25, 0.3) is 5.56 Å². The van der Waals surface area contributed by atoms with Gasteiger partial charge in [0, 0.05) is 11.9 Å². The van der Waals surface area contributed by atoms with Gasteiger partial charge in [0.1, 0.15) is 5.56 Å². The third-order valence-electron chi connectivity index (χ3n) is 5.42. The average Bonchev–Trinajstić information content (AvgIpc) is 2.76. The maximum absolute atomic E-state index is 12.2. The van der Waals surface area contributed by atoms with E-state index in [2.05, 4.69) is 21.6 Å². The number of aromatic amines is 1. The van der Waals surface area contributed by atoms with Crippen LogP contribution in [0.3, 0.4) is 0 Å². The number of aromatic nitrogens is 2. The zero-order valence-corrected chi connectivity index (χ0v) is 16.6. The Bertz CT molecular complexity index is 1230. The third-order valence-corrected chi connectivity index (χ3v) is 5.42. The highest BCUT2D eigenvalue weighted by Gasteiger charge is 2.13. The highest BCUT2D eigenvalue weighted by molar-refractivity contribution is 5.94. The van der Waals surface area contributed by atoms with Crippen LogP contribution in [0.1, 0.15) is 37.7 Å². The number of rotatable bonds is 6. The molecule has 1 heterocycles. The van der Waals surface area contributed by atoms with Gasteiger partial charge in [0.2, 0.25) is 5.88 Å². The smallest absolute Gasteiger partial charge is 0.331 e. The summed E-state index contributed by atoms with van der Waals surface area (Å²) in [5.74, 6) is -0.372. The number of aromatic hydroxyl groups is 1. The van der Waals surface area contributed by atoms with Crippen LogP contribution in [0.15, 0.2) is 68.8 Å². The maximum Gasteiger partial charge on any atom is 0.331 e. The van der Waals surface area contributed by atoms with E-state index in [1.807, 2.05) is 42.5 Å². The van der Waals surface area contributed by atoms with E-state index in [9.17, 15) is 14.7 Å². The Morgan fingerprint density at radius 2 is 1.97 bits per heavy atom. The summed E-state index contributed by atoms with van der Waals surface area (Å²) in [7, 11) is 0. The fourth-order valence-corrected chi connectivity index (χ4v) is 3.78. The number of benzene rings is 2. The minimum Gasteiger partial charge on any atom is -0.494 e. The molecule has 4 rings (SSSR count). The normalized spacial score (nSPS) is 14.2. The molecule has 0 atom stereocenters. The minimum absolute atomic E-state index is 0.0556. The van der Waals surface area contributed by atoms with E-state index in [1.54, 1.807) is 0 Å². The SMILES string of the molecule is O=c1[nH]c(=O)n(CCC2=CCCCC2)c(O)c1/C=N/Nc1cccc2ccccc12. The molecule has 3 aromatic rings. The Hall–Kier alpha value is -3.61. The molecule has 1 aromatic heterocycles. The quantitative estimate of drug-likeness (QED) is 0.331. The molecule has 2 aromatic carbocycles. The Kier molecular flexibility index (Phi) is 5.79. The van der Waals surface area contributed by atoms with E-state index in [0.29, 0.717) is 13.0 Å². The first kappa shape index (κ1) is 19.7. The summed E-state index contributed by atoms with van der Waals surface area (Å²) in [6.45, 7) is 0.310. The summed E-state index contributed by atoms with van der Waals surface area (Å²) in [5, 5.41) is 16.7. The molecule has 1 aliphatic rings. The Balaban J connectivity index is 1.56. The Morgan fingerprint density at radius 1 is 1.13 bits per heavy atom. The van der Waals surface area contributed by atoms with Crippen molar-refractivity contribution in [2.24, 2.45) is 5.10 Å². The molecular weight excluding hydrogens is 380 g/mol. The predicted molar refractivity (Wildman–Crippen MR) is 119 cm³/mol. The number of H-pyrrole nitrogens is 1. The fourth-order valence-electron chi connectivity index (χ4n) is 3.78. The summed E-state index contributed by atoms with van der Waals surface area (Å²) in [6.07, 6.45) is 8.53. The summed E-state index contributed by atoms with van der Waals surface area (Å²) >= 11 is 0. The fraction of sp³-hybridized carbons (Fsp3) is 0.261. The molecule has 154 valence electrons. The van der Waals surface area contributed by atoms with Gasteiger partial charge in [-0.1, -0.05) is 48.0 Å². The molecule has 0 aliphatic heterocycles. The zero-order chi connectivity index (χ0) is 20.9. The second kappa shape index (κ2) is 8.82. The van der Waals surface area contributed by atoms with E-state index in [0.717, 1.165) is 35.7 Å². The first-order valence-electron chi connectivity index (χ1n) is 10.1. The van der Waals surface area contributed by atoms with E-state index in [4.69, 9.17) is 0 Å². The third kappa shape index (κ3) is 4.20. The molecule has 0 radical (unpaired) electrons. The van der Waals surface area contributed by atoms with Gasteiger partial charge in [0.05, 0.1) is 11.9 Å². The highest BCUT2D eigenvalue weighted by atomic mass is 16.3. The van der Waals surface area contributed by atoms with Crippen LogP contribution in [0, 0.1) is 0 Å². The summed E-state index contributed by atoms with van der Waals surface area (Å²) < 4.78 is 1.19. The molecular formula is C23H24N4O3. The number of nitrogens with one attached hydrogen (secondary N) is 2. The molecule has 0 unspecified atom stereocenters. The lowest BCUT2D eigenvalue weighted by Gasteiger charge is -2.14. The molecule has 0 saturated carbocycles. The lowest BCUT2D eigenvalue weighted by Crippen LogP contribution is -2.32. The van der Waals surface area contributed by atoms with Crippen molar-refractivity contribution in [1.82, 2.24) is 9.55 Å². The van der Waals surface area contributed by atoms with Crippen LogP contribution in [0.5, 0.6) is 5.88 Å². The van der Waals surface area contributed by atoms with Gasteiger partial charge in [-0.15, -0.1) is 0 Å². The van der Waals surface area contributed by atoms with Gasteiger partial charge in [-0.2, -0.15) is 5.10 Å². The van der Waals surface area contributed by atoms with Gasteiger partial charge < -0.3 is 5.11 Å². The number of fused-ring (bicyclic) bond motifs is 1. The van der Waals surface area contributed by atoms with Crippen LogP contribution < -0.4 is 16.7 Å². The molecule has 30 heavy (non-hydrogen) atoms. The second-order valence-electron chi connectivity index (χ2n) is 7.40. The lowest BCUT2D eigenvalue weighted by molar-refractivity contribution is 0.398. The number of anilines is 1. The Labute approximate surface area is 173 Å². The van der Waals surface area contributed by atoms with Crippen LogP contribution in [0.2, 0.25) is 0 Å². The maximum atomic E-state index is 12.2. The number of hydrogen-bond acceptors (Lipinski definition) is 5. The minimum atomic E-state index is -0.672. The lowest BCUT2D eigenvalue weighted by atomic mass is 9.97. The van der Waals surface area contributed by atoms with Crippen LogP contribution in [0.25, 0.3) is 10.8 Å². The molecule has 0 spiro atoms. The van der Waals surface area contributed by atoms with Gasteiger partial charge in [-0.25, -0.2) is 4.79 Å². The standard InChI is InChI=1S/C23H24N4O3/c28-21-19(15-24-26-20-12-6-10-17-9-4-5-11-18(17)20)22(29)27(23(30)25-21)14-13-16-7-2-1-3-8-16/h4-7,9-12,15,26,29H,1-3,8,13-14H2,(H,25,28,30)/b24-15+.